The number of carbonyl (C=O) groups excluding carboxylic acids is 1. The van der Waals surface area contributed by atoms with Gasteiger partial charge in [0.05, 0.1) is 6.61 Å². The maximum absolute atomic E-state index is 12.3. The smallest absolute Gasteiger partial charge is 0.164 e. The first-order valence-electron chi connectivity index (χ1n) is 8.53. The van der Waals surface area contributed by atoms with E-state index in [0.29, 0.717) is 18.9 Å². The molecule has 1 fully saturated rings. The first-order chi connectivity index (χ1) is 10.5. The van der Waals surface area contributed by atoms with Crippen LogP contribution >= 0.6 is 0 Å². The molecule has 0 bridgehead atoms. The quantitative estimate of drug-likeness (QED) is 0.712. The Bertz CT molecular complexity index is 459. The van der Waals surface area contributed by atoms with Gasteiger partial charge in [0.1, 0.15) is 5.75 Å². The fourth-order valence-electron chi connectivity index (χ4n) is 2.69. The van der Waals surface area contributed by atoms with Crippen LogP contribution in [0.2, 0.25) is 0 Å². The van der Waals surface area contributed by atoms with Gasteiger partial charge in [-0.25, -0.2) is 0 Å². The molecule has 3 heteroatoms. The van der Waals surface area contributed by atoms with Gasteiger partial charge >= 0.3 is 0 Å². The monoisotopic (exact) mass is 303 g/mol. The molecule has 0 unspecified atom stereocenters. The average molecular weight is 303 g/mol. The summed E-state index contributed by atoms with van der Waals surface area (Å²) in [5.74, 6) is 2.42. The second-order valence-corrected chi connectivity index (χ2v) is 6.93. The van der Waals surface area contributed by atoms with Crippen LogP contribution in [0.25, 0.3) is 0 Å². The summed E-state index contributed by atoms with van der Waals surface area (Å²) in [6, 6.07) is 7.57. The molecule has 2 rings (SSSR count). The number of Topliss-reactive ketones (excluding diaryl/α,β-unsaturated/α-hetero) is 1. The van der Waals surface area contributed by atoms with E-state index in [0.717, 1.165) is 36.9 Å². The van der Waals surface area contributed by atoms with Crippen molar-refractivity contribution >= 4 is 5.78 Å². The topological polar surface area (TPSA) is 29.5 Å². The van der Waals surface area contributed by atoms with Gasteiger partial charge in [-0.05, 0) is 62.0 Å². The van der Waals surface area contributed by atoms with Crippen molar-refractivity contribution in [1.29, 1.82) is 0 Å². The lowest BCUT2D eigenvalue weighted by Crippen LogP contribution is -2.34. The van der Waals surface area contributed by atoms with Crippen molar-refractivity contribution in [3.05, 3.63) is 29.8 Å². The van der Waals surface area contributed by atoms with Gasteiger partial charge in [0, 0.05) is 18.5 Å². The molecular formula is C19H29NO2. The standard InChI is InChI=1S/C19H29NO2/c1-15(2)14-22-18-6-4-17(5-7-18)19(21)10-13-20-11-8-16(3)9-12-20/h4-7,15-16H,8-14H2,1-3H3. The minimum Gasteiger partial charge on any atom is -0.493 e. The Balaban J connectivity index is 1.77. The van der Waals surface area contributed by atoms with E-state index in [9.17, 15) is 4.79 Å². The molecule has 1 heterocycles. The van der Waals surface area contributed by atoms with Crippen molar-refractivity contribution < 1.29 is 9.53 Å². The molecule has 1 aromatic carbocycles. The molecule has 122 valence electrons. The second-order valence-electron chi connectivity index (χ2n) is 6.93. The maximum atomic E-state index is 12.3. The summed E-state index contributed by atoms with van der Waals surface area (Å²) in [6.45, 7) is 10.4. The molecule has 0 aromatic heterocycles. The summed E-state index contributed by atoms with van der Waals surface area (Å²) < 4.78 is 5.65. The fraction of sp³-hybridized carbons (Fsp3) is 0.632. The predicted molar refractivity (Wildman–Crippen MR) is 90.6 cm³/mol. The first kappa shape index (κ1) is 17.0. The zero-order valence-electron chi connectivity index (χ0n) is 14.2. The van der Waals surface area contributed by atoms with Crippen LogP contribution < -0.4 is 4.74 Å². The second kappa shape index (κ2) is 8.33. The molecule has 22 heavy (non-hydrogen) atoms. The number of likely N-dealkylation sites (tertiary alicyclic amines) is 1. The molecule has 0 N–H and O–H groups in total. The number of carbonyl (C=O) groups is 1. The number of rotatable bonds is 7. The number of piperidine rings is 1. The van der Waals surface area contributed by atoms with Crippen LogP contribution in [-0.4, -0.2) is 36.9 Å². The van der Waals surface area contributed by atoms with Crippen LogP contribution in [0.1, 0.15) is 50.4 Å². The van der Waals surface area contributed by atoms with E-state index < -0.39 is 0 Å². The van der Waals surface area contributed by atoms with Crippen molar-refractivity contribution in [2.24, 2.45) is 11.8 Å². The fourth-order valence-corrected chi connectivity index (χ4v) is 2.69. The molecule has 0 atom stereocenters. The van der Waals surface area contributed by atoms with Gasteiger partial charge in [-0.2, -0.15) is 0 Å². The van der Waals surface area contributed by atoms with Crippen molar-refractivity contribution in [3.8, 4) is 5.75 Å². The Morgan fingerprint density at radius 1 is 1.23 bits per heavy atom. The number of ketones is 1. The van der Waals surface area contributed by atoms with Gasteiger partial charge < -0.3 is 9.64 Å². The molecule has 0 amide bonds. The SMILES string of the molecule is CC(C)COc1ccc(C(=O)CCN2CCC(C)CC2)cc1. The van der Waals surface area contributed by atoms with Gasteiger partial charge in [-0.3, -0.25) is 4.79 Å². The lowest BCUT2D eigenvalue weighted by molar-refractivity contribution is 0.0953. The van der Waals surface area contributed by atoms with Gasteiger partial charge in [0.15, 0.2) is 5.78 Å². The highest BCUT2D eigenvalue weighted by Gasteiger charge is 2.16. The van der Waals surface area contributed by atoms with E-state index in [2.05, 4.69) is 25.7 Å². The van der Waals surface area contributed by atoms with Crippen LogP contribution in [-0.2, 0) is 0 Å². The third-order valence-electron chi connectivity index (χ3n) is 4.29. The van der Waals surface area contributed by atoms with Crippen molar-refractivity contribution in [2.75, 3.05) is 26.2 Å². The zero-order chi connectivity index (χ0) is 15.9. The predicted octanol–water partition coefficient (Wildman–Crippen LogP) is 4.03. The van der Waals surface area contributed by atoms with E-state index in [1.807, 2.05) is 24.3 Å². The molecule has 1 saturated heterocycles. The minimum absolute atomic E-state index is 0.231. The highest BCUT2D eigenvalue weighted by molar-refractivity contribution is 5.96. The summed E-state index contributed by atoms with van der Waals surface area (Å²) >= 11 is 0. The molecule has 1 aromatic rings. The van der Waals surface area contributed by atoms with Crippen LogP contribution in [0.5, 0.6) is 5.75 Å². The summed E-state index contributed by atoms with van der Waals surface area (Å²) in [5.41, 5.74) is 0.794. The normalized spacial score (nSPS) is 16.9. The number of benzene rings is 1. The Morgan fingerprint density at radius 2 is 1.86 bits per heavy atom. The molecule has 3 nitrogen and oxygen atoms in total. The molecule has 0 aliphatic carbocycles. The van der Waals surface area contributed by atoms with Gasteiger partial charge in [-0.1, -0.05) is 20.8 Å². The first-order valence-corrected chi connectivity index (χ1v) is 8.53. The highest BCUT2D eigenvalue weighted by atomic mass is 16.5. The number of hydrogen-bond donors (Lipinski definition) is 0. The Kier molecular flexibility index (Phi) is 6.44. The van der Waals surface area contributed by atoms with E-state index in [4.69, 9.17) is 4.74 Å². The van der Waals surface area contributed by atoms with E-state index >= 15 is 0 Å². The van der Waals surface area contributed by atoms with Gasteiger partial charge in [-0.15, -0.1) is 0 Å². The third-order valence-corrected chi connectivity index (χ3v) is 4.29. The third kappa shape index (κ3) is 5.45. The summed E-state index contributed by atoms with van der Waals surface area (Å²) in [6.07, 6.45) is 3.13. The summed E-state index contributed by atoms with van der Waals surface area (Å²) in [4.78, 5) is 14.7. The highest BCUT2D eigenvalue weighted by Crippen LogP contribution is 2.17. The summed E-state index contributed by atoms with van der Waals surface area (Å²) in [5, 5.41) is 0. The maximum Gasteiger partial charge on any atom is 0.164 e. The van der Waals surface area contributed by atoms with Crippen LogP contribution in [0.15, 0.2) is 24.3 Å². The zero-order valence-corrected chi connectivity index (χ0v) is 14.2. The lowest BCUT2D eigenvalue weighted by atomic mass is 9.99. The minimum atomic E-state index is 0.231. The van der Waals surface area contributed by atoms with Crippen LogP contribution in [0.4, 0.5) is 0 Å². The number of hydrogen-bond acceptors (Lipinski definition) is 3. The molecule has 1 aliphatic heterocycles. The number of ether oxygens (including phenoxy) is 1. The Labute approximate surface area is 134 Å². The van der Waals surface area contributed by atoms with Crippen molar-refractivity contribution in [2.45, 2.75) is 40.0 Å². The van der Waals surface area contributed by atoms with Crippen LogP contribution in [0.3, 0.4) is 0 Å². The molecular weight excluding hydrogens is 274 g/mol. The van der Waals surface area contributed by atoms with E-state index in [-0.39, 0.29) is 5.78 Å². The molecule has 0 radical (unpaired) electrons. The Morgan fingerprint density at radius 3 is 2.45 bits per heavy atom. The Hall–Kier alpha value is -1.35. The summed E-state index contributed by atoms with van der Waals surface area (Å²) in [7, 11) is 0. The molecule has 0 spiro atoms. The van der Waals surface area contributed by atoms with Gasteiger partial charge in [0.25, 0.3) is 0 Å². The number of nitrogens with zero attached hydrogens (tertiary/aromatic N) is 1. The largest absolute Gasteiger partial charge is 0.493 e. The average Bonchev–Trinajstić information content (AvgIpc) is 2.52. The van der Waals surface area contributed by atoms with Crippen molar-refractivity contribution in [1.82, 2.24) is 4.90 Å². The lowest BCUT2D eigenvalue weighted by Gasteiger charge is -2.29. The van der Waals surface area contributed by atoms with E-state index in [1.165, 1.54) is 12.8 Å². The molecule has 0 saturated carbocycles. The van der Waals surface area contributed by atoms with Crippen molar-refractivity contribution in [3.63, 3.8) is 0 Å². The van der Waals surface area contributed by atoms with E-state index in [1.54, 1.807) is 0 Å². The van der Waals surface area contributed by atoms with Crippen LogP contribution in [0, 0.1) is 11.8 Å². The molecule has 1 aliphatic rings. The van der Waals surface area contributed by atoms with Gasteiger partial charge in [0.2, 0.25) is 0 Å².